The molecule has 72 valence electrons. The van der Waals surface area contributed by atoms with Crippen molar-refractivity contribution in [2.24, 2.45) is 5.73 Å². The first-order valence-electron chi connectivity index (χ1n) is 3.42. The number of aliphatic hydroxyl groups is 4. The molecule has 0 saturated carbocycles. The normalized spacial score (nSPS) is 21.1. The molecule has 0 bridgehead atoms. The van der Waals surface area contributed by atoms with Gasteiger partial charge >= 0.3 is 0 Å². The molecule has 0 unspecified atom stereocenters. The maximum absolute atomic E-state index is 9.93. The smallest absolute Gasteiger partial charge is 0.151 e. The molecule has 0 aliphatic heterocycles. The first kappa shape index (κ1) is 11.5. The quantitative estimate of drug-likeness (QED) is 0.280. The topological polar surface area (TPSA) is 124 Å². The summed E-state index contributed by atoms with van der Waals surface area (Å²) >= 11 is 0. The van der Waals surface area contributed by atoms with E-state index in [-0.39, 0.29) is 12.8 Å². The van der Waals surface area contributed by atoms with Crippen molar-refractivity contribution in [3.8, 4) is 0 Å². The molecular formula is C6H13NO5. The Morgan fingerprint density at radius 2 is 1.67 bits per heavy atom. The lowest BCUT2D eigenvalue weighted by Crippen LogP contribution is -2.47. The van der Waals surface area contributed by atoms with Gasteiger partial charge in [0.25, 0.3) is 0 Å². The van der Waals surface area contributed by atoms with E-state index in [4.69, 9.17) is 26.2 Å². The molecule has 0 radical (unpaired) electrons. The van der Waals surface area contributed by atoms with E-state index in [2.05, 4.69) is 0 Å². The lowest BCUT2D eigenvalue weighted by atomic mass is 10.0. The number of aldehydes is 1. The molecule has 4 atom stereocenters. The maximum atomic E-state index is 9.93. The lowest BCUT2D eigenvalue weighted by Gasteiger charge is -2.22. The molecule has 0 aromatic heterocycles. The van der Waals surface area contributed by atoms with Crippen LogP contribution < -0.4 is 5.73 Å². The van der Waals surface area contributed by atoms with Gasteiger partial charge < -0.3 is 31.0 Å². The molecule has 6 heteroatoms. The summed E-state index contributed by atoms with van der Waals surface area (Å²) in [5.74, 6) is 0. The van der Waals surface area contributed by atoms with Crippen LogP contribution in [0.1, 0.15) is 0 Å². The molecule has 0 aromatic carbocycles. The highest BCUT2D eigenvalue weighted by molar-refractivity contribution is 5.56. The van der Waals surface area contributed by atoms with E-state index in [1.807, 2.05) is 0 Å². The Bertz CT molecular complexity index is 142. The fraction of sp³-hybridized carbons (Fsp3) is 0.833. The fourth-order valence-corrected chi connectivity index (χ4v) is 0.650. The van der Waals surface area contributed by atoms with Gasteiger partial charge in [-0.2, -0.15) is 0 Å². The standard InChI is InChI=1S/C6H13NO5/c7-1-3(9)5(11)6(12)4(10)2-8/h2-6,9-12H,1,7H2/t3-,4-,5-,6+/m1/s1. The number of carbonyl (C=O) groups is 1. The average molecular weight is 179 g/mol. The second-order valence-electron chi connectivity index (χ2n) is 2.41. The Hall–Kier alpha value is -0.530. The van der Waals surface area contributed by atoms with E-state index in [9.17, 15) is 4.79 Å². The van der Waals surface area contributed by atoms with E-state index < -0.39 is 24.4 Å². The molecule has 6 N–H and O–H groups in total. The van der Waals surface area contributed by atoms with Gasteiger partial charge in [0.05, 0.1) is 6.10 Å². The van der Waals surface area contributed by atoms with Crippen molar-refractivity contribution in [3.63, 3.8) is 0 Å². The van der Waals surface area contributed by atoms with Crippen LogP contribution in [0, 0.1) is 0 Å². The van der Waals surface area contributed by atoms with Crippen LogP contribution in [0.15, 0.2) is 0 Å². The Kier molecular flexibility index (Phi) is 4.95. The van der Waals surface area contributed by atoms with Crippen LogP contribution in [-0.2, 0) is 4.79 Å². The Morgan fingerprint density at radius 3 is 2.00 bits per heavy atom. The molecule has 0 aliphatic rings. The monoisotopic (exact) mass is 179 g/mol. The summed E-state index contributed by atoms with van der Waals surface area (Å²) in [7, 11) is 0. The van der Waals surface area contributed by atoms with Crippen molar-refractivity contribution in [3.05, 3.63) is 0 Å². The predicted octanol–water partition coefficient (Wildman–Crippen LogP) is -3.41. The van der Waals surface area contributed by atoms with Crippen LogP contribution >= 0.6 is 0 Å². The number of hydrogen-bond acceptors (Lipinski definition) is 6. The SMILES string of the molecule is NC[C@@H](O)[C@@H](O)[C@@H](O)[C@H](O)C=O. The zero-order chi connectivity index (χ0) is 9.72. The van der Waals surface area contributed by atoms with Crippen molar-refractivity contribution < 1.29 is 25.2 Å². The first-order chi connectivity index (χ1) is 5.54. The Balaban J connectivity index is 4.07. The zero-order valence-electron chi connectivity index (χ0n) is 6.37. The van der Waals surface area contributed by atoms with Gasteiger partial charge in [0.15, 0.2) is 6.29 Å². The van der Waals surface area contributed by atoms with Gasteiger partial charge in [-0.15, -0.1) is 0 Å². The second kappa shape index (κ2) is 5.18. The third kappa shape index (κ3) is 2.84. The second-order valence-corrected chi connectivity index (χ2v) is 2.41. The van der Waals surface area contributed by atoms with Crippen LogP contribution in [0.3, 0.4) is 0 Å². The minimum atomic E-state index is -1.71. The molecule has 0 aromatic rings. The van der Waals surface area contributed by atoms with Crippen molar-refractivity contribution >= 4 is 6.29 Å². The van der Waals surface area contributed by atoms with Gasteiger partial charge in [0.2, 0.25) is 0 Å². The van der Waals surface area contributed by atoms with Crippen LogP contribution in [0.4, 0.5) is 0 Å². The molecule has 0 spiro atoms. The van der Waals surface area contributed by atoms with Gasteiger partial charge in [-0.1, -0.05) is 0 Å². The van der Waals surface area contributed by atoms with Crippen molar-refractivity contribution in [2.75, 3.05) is 6.54 Å². The van der Waals surface area contributed by atoms with Gasteiger partial charge in [-0.3, -0.25) is 0 Å². The highest BCUT2D eigenvalue weighted by Crippen LogP contribution is 2.02. The van der Waals surface area contributed by atoms with E-state index in [0.29, 0.717) is 0 Å². The van der Waals surface area contributed by atoms with Crippen molar-refractivity contribution in [1.82, 2.24) is 0 Å². The van der Waals surface area contributed by atoms with E-state index in [1.165, 1.54) is 0 Å². The fourth-order valence-electron chi connectivity index (χ4n) is 0.650. The number of aliphatic hydroxyl groups excluding tert-OH is 4. The maximum Gasteiger partial charge on any atom is 0.151 e. The summed E-state index contributed by atoms with van der Waals surface area (Å²) in [6, 6.07) is 0. The number of rotatable bonds is 5. The minimum absolute atomic E-state index is 0.0666. The first-order valence-corrected chi connectivity index (χ1v) is 3.42. The van der Waals surface area contributed by atoms with Gasteiger partial charge in [0.1, 0.15) is 18.3 Å². The highest BCUT2D eigenvalue weighted by Gasteiger charge is 2.29. The molecule has 0 fully saturated rings. The molecular weight excluding hydrogens is 166 g/mol. The number of carbonyl (C=O) groups excluding carboxylic acids is 1. The summed E-state index contributed by atoms with van der Waals surface area (Å²) < 4.78 is 0. The number of nitrogens with two attached hydrogens (primary N) is 1. The third-order valence-electron chi connectivity index (χ3n) is 1.47. The van der Waals surface area contributed by atoms with Gasteiger partial charge in [-0.05, 0) is 0 Å². The molecule has 0 heterocycles. The Labute approximate surface area is 69.2 Å². The largest absolute Gasteiger partial charge is 0.389 e. The zero-order valence-corrected chi connectivity index (χ0v) is 6.37. The van der Waals surface area contributed by atoms with Crippen LogP contribution in [-0.4, -0.2) is 57.7 Å². The van der Waals surface area contributed by atoms with Gasteiger partial charge in [-0.25, -0.2) is 0 Å². The summed E-state index contributed by atoms with van der Waals surface area (Å²) in [5.41, 5.74) is 4.96. The minimum Gasteiger partial charge on any atom is -0.389 e. The van der Waals surface area contributed by atoms with Crippen molar-refractivity contribution in [2.45, 2.75) is 24.4 Å². The van der Waals surface area contributed by atoms with Crippen LogP contribution in [0.25, 0.3) is 0 Å². The molecule has 12 heavy (non-hydrogen) atoms. The molecule has 0 amide bonds. The highest BCUT2D eigenvalue weighted by atomic mass is 16.4. The summed E-state index contributed by atoms with van der Waals surface area (Å²) in [5, 5.41) is 35.5. The van der Waals surface area contributed by atoms with Crippen molar-refractivity contribution in [1.29, 1.82) is 0 Å². The predicted molar refractivity (Wildman–Crippen MR) is 39.1 cm³/mol. The summed E-state index contributed by atoms with van der Waals surface area (Å²) in [6.07, 6.45) is -6.32. The molecule has 6 nitrogen and oxygen atoms in total. The van der Waals surface area contributed by atoms with E-state index in [1.54, 1.807) is 0 Å². The molecule has 0 aliphatic carbocycles. The van der Waals surface area contributed by atoms with Crippen LogP contribution in [0.5, 0.6) is 0 Å². The van der Waals surface area contributed by atoms with E-state index >= 15 is 0 Å². The lowest BCUT2D eigenvalue weighted by molar-refractivity contribution is -0.132. The van der Waals surface area contributed by atoms with E-state index in [0.717, 1.165) is 0 Å². The molecule has 0 saturated heterocycles. The molecule has 0 rings (SSSR count). The number of hydrogen-bond donors (Lipinski definition) is 5. The third-order valence-corrected chi connectivity index (χ3v) is 1.47. The van der Waals surface area contributed by atoms with Crippen LogP contribution in [0.2, 0.25) is 0 Å². The average Bonchev–Trinajstić information content (AvgIpc) is 2.12. The van der Waals surface area contributed by atoms with Gasteiger partial charge in [0, 0.05) is 6.54 Å². The Morgan fingerprint density at radius 1 is 1.17 bits per heavy atom. The summed E-state index contributed by atoms with van der Waals surface area (Å²) in [6.45, 7) is -0.260. The summed E-state index contributed by atoms with van der Waals surface area (Å²) in [4.78, 5) is 9.93.